The van der Waals surface area contributed by atoms with Crippen molar-refractivity contribution < 1.29 is 4.42 Å². The highest BCUT2D eigenvalue weighted by Gasteiger charge is 2.23. The third kappa shape index (κ3) is 4.45. The third-order valence-corrected chi connectivity index (χ3v) is 9.47. The Morgan fingerprint density at radius 1 is 0.360 bits per heavy atom. The fourth-order valence-electron chi connectivity index (χ4n) is 7.21. The van der Waals surface area contributed by atoms with Gasteiger partial charge in [0.2, 0.25) is 0 Å². The smallest absolute Gasteiger partial charge is 0.167 e. The highest BCUT2D eigenvalue weighted by molar-refractivity contribution is 6.18. The van der Waals surface area contributed by atoms with Crippen molar-refractivity contribution in [2.45, 2.75) is 0 Å². The molecule has 0 N–H and O–H groups in total. The Bertz CT molecular complexity index is 2750. The molecule has 5 heteroatoms. The van der Waals surface area contributed by atoms with Crippen molar-refractivity contribution in [1.29, 1.82) is 0 Å². The molecule has 0 saturated heterocycles. The largest absolute Gasteiger partial charge is 0.453 e. The number of aromatic nitrogens is 4. The van der Waals surface area contributed by atoms with Crippen LogP contribution in [0.15, 0.2) is 174 Å². The minimum absolute atomic E-state index is 0.555. The lowest BCUT2D eigenvalue weighted by Gasteiger charge is -2.10. The molecule has 10 rings (SSSR count). The second-order valence-corrected chi connectivity index (χ2v) is 12.4. The van der Waals surface area contributed by atoms with E-state index in [0.29, 0.717) is 17.5 Å². The molecule has 7 aromatic carbocycles. The van der Waals surface area contributed by atoms with Crippen LogP contribution in [0.3, 0.4) is 0 Å². The van der Waals surface area contributed by atoms with Crippen molar-refractivity contribution >= 4 is 43.7 Å². The van der Waals surface area contributed by atoms with Gasteiger partial charge >= 0.3 is 0 Å². The molecule has 0 aliphatic heterocycles. The molecule has 0 saturated carbocycles. The molecule has 50 heavy (non-hydrogen) atoms. The van der Waals surface area contributed by atoms with Gasteiger partial charge in [-0.15, -0.1) is 0 Å². The van der Waals surface area contributed by atoms with Crippen LogP contribution in [0.25, 0.3) is 94.7 Å². The van der Waals surface area contributed by atoms with Crippen LogP contribution in [0, 0.1) is 0 Å². The van der Waals surface area contributed by atoms with E-state index in [-0.39, 0.29) is 0 Å². The quantitative estimate of drug-likeness (QED) is 0.188. The third-order valence-electron chi connectivity index (χ3n) is 9.47. The maximum absolute atomic E-state index is 7.12. The first-order chi connectivity index (χ1) is 24.8. The first kappa shape index (κ1) is 28.2. The van der Waals surface area contributed by atoms with E-state index in [2.05, 4.69) is 108 Å². The lowest BCUT2D eigenvalue weighted by molar-refractivity contribution is 0.667. The van der Waals surface area contributed by atoms with E-state index in [0.717, 1.165) is 66.5 Å². The molecule has 3 heterocycles. The van der Waals surface area contributed by atoms with E-state index in [1.54, 1.807) is 0 Å². The van der Waals surface area contributed by atoms with Gasteiger partial charge in [-0.3, -0.25) is 0 Å². The summed E-state index contributed by atoms with van der Waals surface area (Å²) in [5.41, 5.74) is 9.62. The van der Waals surface area contributed by atoms with Crippen LogP contribution in [-0.2, 0) is 0 Å². The maximum atomic E-state index is 7.12. The van der Waals surface area contributed by atoms with Gasteiger partial charge in [0, 0.05) is 32.7 Å². The van der Waals surface area contributed by atoms with Crippen molar-refractivity contribution in [3.8, 4) is 51.0 Å². The standard InChI is InChI=1S/C45H28N4O/c1-4-15-29(16-5-1)32-27-28-36(45-47-43(30-17-6-2-7-18-30)46-44(48-45)31-19-8-3-9-20-31)42-40(32)35-23-14-26-39(41(35)50-42)49-37-24-12-10-21-33(37)34-22-11-13-25-38(34)49/h1-28H. The number of hydrogen-bond donors (Lipinski definition) is 0. The lowest BCUT2D eigenvalue weighted by Crippen LogP contribution is -2.00. The van der Waals surface area contributed by atoms with Crippen molar-refractivity contribution in [3.05, 3.63) is 170 Å². The second kappa shape index (κ2) is 11.4. The zero-order valence-corrected chi connectivity index (χ0v) is 26.9. The summed E-state index contributed by atoms with van der Waals surface area (Å²) in [6, 6.07) is 58.4. The number of hydrogen-bond acceptors (Lipinski definition) is 4. The zero-order chi connectivity index (χ0) is 33.0. The Hall–Kier alpha value is -6.85. The number of benzene rings is 7. The minimum Gasteiger partial charge on any atom is -0.453 e. The van der Waals surface area contributed by atoms with Crippen molar-refractivity contribution in [1.82, 2.24) is 19.5 Å². The highest BCUT2D eigenvalue weighted by Crippen LogP contribution is 2.44. The molecule has 0 atom stereocenters. The van der Waals surface area contributed by atoms with E-state index >= 15 is 0 Å². The van der Waals surface area contributed by atoms with Gasteiger partial charge in [-0.25, -0.2) is 15.0 Å². The van der Waals surface area contributed by atoms with Gasteiger partial charge in [-0.1, -0.05) is 146 Å². The van der Waals surface area contributed by atoms with Crippen LogP contribution in [-0.4, -0.2) is 19.5 Å². The molecule has 0 unspecified atom stereocenters. The number of para-hydroxylation sites is 3. The van der Waals surface area contributed by atoms with E-state index < -0.39 is 0 Å². The van der Waals surface area contributed by atoms with Gasteiger partial charge in [0.05, 0.1) is 22.3 Å². The molecule has 0 bridgehead atoms. The topological polar surface area (TPSA) is 56.7 Å². The van der Waals surface area contributed by atoms with Gasteiger partial charge in [-0.2, -0.15) is 0 Å². The summed E-state index contributed by atoms with van der Waals surface area (Å²) in [7, 11) is 0. The average molecular weight is 641 g/mol. The first-order valence-corrected chi connectivity index (χ1v) is 16.7. The fourth-order valence-corrected chi connectivity index (χ4v) is 7.21. The Balaban J connectivity index is 1.30. The van der Waals surface area contributed by atoms with Crippen LogP contribution < -0.4 is 0 Å². The van der Waals surface area contributed by atoms with Gasteiger partial charge in [0.15, 0.2) is 23.1 Å². The van der Waals surface area contributed by atoms with E-state index in [4.69, 9.17) is 19.4 Å². The summed E-state index contributed by atoms with van der Waals surface area (Å²) in [6.45, 7) is 0. The monoisotopic (exact) mass is 640 g/mol. The zero-order valence-electron chi connectivity index (χ0n) is 26.9. The summed E-state index contributed by atoms with van der Waals surface area (Å²) in [4.78, 5) is 15.1. The molecule has 0 aliphatic carbocycles. The predicted octanol–water partition coefficient (Wildman–Crippen LogP) is 11.5. The average Bonchev–Trinajstić information content (AvgIpc) is 3.75. The van der Waals surface area contributed by atoms with Gasteiger partial charge in [0.25, 0.3) is 0 Å². The molecular formula is C45H28N4O. The summed E-state index contributed by atoms with van der Waals surface area (Å²) in [5.74, 6) is 1.77. The molecule has 0 amide bonds. The van der Waals surface area contributed by atoms with Crippen LogP contribution in [0.1, 0.15) is 0 Å². The summed E-state index contributed by atoms with van der Waals surface area (Å²) < 4.78 is 9.44. The molecule has 3 aromatic heterocycles. The molecule has 10 aromatic rings. The summed E-state index contributed by atoms with van der Waals surface area (Å²) in [6.07, 6.45) is 0. The predicted molar refractivity (Wildman–Crippen MR) is 203 cm³/mol. The first-order valence-electron chi connectivity index (χ1n) is 16.7. The summed E-state index contributed by atoms with van der Waals surface area (Å²) in [5, 5.41) is 4.46. The molecular weight excluding hydrogens is 613 g/mol. The van der Waals surface area contributed by atoms with Crippen LogP contribution in [0.5, 0.6) is 0 Å². The Morgan fingerprint density at radius 3 is 1.44 bits per heavy atom. The number of rotatable bonds is 5. The Kier molecular flexibility index (Phi) is 6.42. The molecule has 0 aliphatic rings. The second-order valence-electron chi connectivity index (χ2n) is 12.4. The highest BCUT2D eigenvalue weighted by atomic mass is 16.3. The SMILES string of the molecule is c1ccc(-c2nc(-c3ccccc3)nc(-c3ccc(-c4ccccc4)c4c3oc3c(-n5c6ccccc6c6ccccc65)cccc34)n2)cc1. The molecule has 5 nitrogen and oxygen atoms in total. The van der Waals surface area contributed by atoms with Gasteiger partial charge in [-0.05, 0) is 35.4 Å². The van der Waals surface area contributed by atoms with Crippen molar-refractivity contribution in [2.24, 2.45) is 0 Å². The minimum atomic E-state index is 0.555. The molecule has 0 fully saturated rings. The van der Waals surface area contributed by atoms with E-state index in [1.165, 1.54) is 10.8 Å². The van der Waals surface area contributed by atoms with Crippen LogP contribution in [0.2, 0.25) is 0 Å². The Morgan fingerprint density at radius 2 is 0.840 bits per heavy atom. The van der Waals surface area contributed by atoms with Gasteiger partial charge < -0.3 is 8.98 Å². The lowest BCUT2D eigenvalue weighted by atomic mass is 9.96. The van der Waals surface area contributed by atoms with E-state index in [9.17, 15) is 0 Å². The number of fused-ring (bicyclic) bond motifs is 6. The molecule has 234 valence electrons. The van der Waals surface area contributed by atoms with Crippen LogP contribution >= 0.6 is 0 Å². The van der Waals surface area contributed by atoms with E-state index in [1.807, 2.05) is 66.7 Å². The summed E-state index contributed by atoms with van der Waals surface area (Å²) >= 11 is 0. The van der Waals surface area contributed by atoms with Crippen molar-refractivity contribution in [3.63, 3.8) is 0 Å². The number of furan rings is 1. The fraction of sp³-hybridized carbons (Fsp3) is 0. The van der Waals surface area contributed by atoms with Crippen LogP contribution in [0.4, 0.5) is 0 Å². The maximum Gasteiger partial charge on any atom is 0.167 e. The molecule has 0 spiro atoms. The molecule has 0 radical (unpaired) electrons. The van der Waals surface area contributed by atoms with Gasteiger partial charge in [0.1, 0.15) is 5.58 Å². The normalized spacial score (nSPS) is 11.6. The van der Waals surface area contributed by atoms with Crippen molar-refractivity contribution in [2.75, 3.05) is 0 Å². The Labute approximate surface area is 287 Å². The number of nitrogens with zero attached hydrogens (tertiary/aromatic N) is 4.